The summed E-state index contributed by atoms with van der Waals surface area (Å²) in [6.45, 7) is 20.0. The van der Waals surface area contributed by atoms with Crippen LogP contribution < -0.4 is 0 Å². The van der Waals surface area contributed by atoms with E-state index in [1.165, 1.54) is 6.42 Å². The molecule has 0 aliphatic heterocycles. The van der Waals surface area contributed by atoms with Crippen molar-refractivity contribution in [2.45, 2.75) is 54.9 Å². The molecule has 0 aliphatic rings. The van der Waals surface area contributed by atoms with E-state index in [9.17, 15) is 0 Å². The highest BCUT2D eigenvalue weighted by Gasteiger charge is 2.37. The summed E-state index contributed by atoms with van der Waals surface area (Å²) in [4.78, 5) is 0. The van der Waals surface area contributed by atoms with Crippen LogP contribution in [0.5, 0.6) is 0 Å². The maximum Gasteiger partial charge on any atom is -0.00957 e. The van der Waals surface area contributed by atoms with Crippen molar-refractivity contribution in [1.82, 2.24) is 0 Å². The summed E-state index contributed by atoms with van der Waals surface area (Å²) < 4.78 is 0. The Morgan fingerprint density at radius 3 is 1.38 bits per heavy atom. The van der Waals surface area contributed by atoms with Crippen LogP contribution in [0.1, 0.15) is 54.9 Å². The van der Waals surface area contributed by atoms with Gasteiger partial charge in [-0.1, -0.05) is 54.5 Å². The zero-order valence-electron chi connectivity index (χ0n) is 10.5. The third-order valence-electron chi connectivity index (χ3n) is 3.06. The molecule has 0 heteroatoms. The summed E-state index contributed by atoms with van der Waals surface area (Å²) >= 11 is 0. The first-order valence-electron chi connectivity index (χ1n) is 5.15. The highest BCUT2D eigenvalue weighted by atomic mass is 14.4. The molecule has 0 saturated carbocycles. The topological polar surface area (TPSA) is 0 Å². The minimum atomic E-state index is 0.227. The second-order valence-electron chi connectivity index (χ2n) is 6.61. The Balaban J connectivity index is 4.77. The van der Waals surface area contributed by atoms with Crippen LogP contribution >= 0.6 is 0 Å². The zero-order chi connectivity index (χ0) is 10.9. The molecule has 0 nitrogen and oxygen atoms in total. The highest BCUT2D eigenvalue weighted by molar-refractivity contribution is 5.01. The van der Waals surface area contributed by atoms with Crippen LogP contribution in [-0.4, -0.2) is 0 Å². The van der Waals surface area contributed by atoms with E-state index in [1.807, 2.05) is 0 Å². The molecule has 0 heterocycles. The van der Waals surface area contributed by atoms with Gasteiger partial charge < -0.3 is 0 Å². The first-order valence-corrected chi connectivity index (χ1v) is 5.15. The Morgan fingerprint density at radius 1 is 0.923 bits per heavy atom. The molecular weight excluding hydrogens is 156 g/mol. The molecule has 0 radical (unpaired) electrons. The lowest BCUT2D eigenvalue weighted by Crippen LogP contribution is -2.34. The minimum absolute atomic E-state index is 0.227. The second kappa shape index (κ2) is 3.48. The fourth-order valence-corrected chi connectivity index (χ4v) is 1.75. The van der Waals surface area contributed by atoms with Crippen LogP contribution in [0, 0.1) is 16.2 Å². The van der Waals surface area contributed by atoms with Crippen molar-refractivity contribution < 1.29 is 0 Å². The van der Waals surface area contributed by atoms with Gasteiger partial charge in [-0.2, -0.15) is 0 Å². The Bertz CT molecular complexity index is 175. The normalized spacial score (nSPS) is 18.1. The van der Waals surface area contributed by atoms with Gasteiger partial charge in [-0.05, 0) is 22.7 Å². The molecule has 78 valence electrons. The minimum Gasteiger partial charge on any atom is -0.103 e. The maximum atomic E-state index is 3.98. The first kappa shape index (κ1) is 12.7. The Morgan fingerprint density at radius 2 is 1.31 bits per heavy atom. The van der Waals surface area contributed by atoms with E-state index in [0.717, 1.165) is 0 Å². The molecule has 0 aliphatic carbocycles. The van der Waals surface area contributed by atoms with Gasteiger partial charge in [0, 0.05) is 0 Å². The van der Waals surface area contributed by atoms with Crippen LogP contribution in [0.25, 0.3) is 0 Å². The molecule has 0 saturated heterocycles. The molecule has 0 rings (SSSR count). The average Bonchev–Trinajstić information content (AvgIpc) is 1.81. The third kappa shape index (κ3) is 3.54. The number of allylic oxidation sites excluding steroid dienone is 1. The highest BCUT2D eigenvalue weighted by Crippen LogP contribution is 2.47. The lowest BCUT2D eigenvalue weighted by atomic mass is 9.61. The summed E-state index contributed by atoms with van der Waals surface area (Å²) in [7, 11) is 0. The largest absolute Gasteiger partial charge is 0.103 e. The molecule has 0 N–H and O–H groups in total. The van der Waals surface area contributed by atoms with E-state index in [0.29, 0.717) is 10.8 Å². The lowest BCUT2D eigenvalue weighted by Gasteiger charge is -2.43. The predicted molar refractivity (Wildman–Crippen MR) is 61.8 cm³/mol. The predicted octanol–water partition coefficient (Wildman–Crippen LogP) is 4.66. The molecule has 0 fully saturated rings. The molecule has 0 amide bonds. The summed E-state index contributed by atoms with van der Waals surface area (Å²) in [5.74, 6) is 0. The van der Waals surface area contributed by atoms with Crippen LogP contribution in [0.4, 0.5) is 0 Å². The Labute approximate surface area is 84.4 Å². The van der Waals surface area contributed by atoms with Gasteiger partial charge in [0.05, 0.1) is 0 Å². The SMILES string of the molecule is C=CC(C)(CC(C)(C)C)C(C)(C)C. The van der Waals surface area contributed by atoms with Gasteiger partial charge in [-0.15, -0.1) is 6.58 Å². The van der Waals surface area contributed by atoms with E-state index >= 15 is 0 Å². The summed E-state index contributed by atoms with van der Waals surface area (Å²) in [5.41, 5.74) is 0.892. The lowest BCUT2D eigenvalue weighted by molar-refractivity contribution is 0.105. The van der Waals surface area contributed by atoms with Crippen LogP contribution in [0.15, 0.2) is 12.7 Å². The maximum absolute atomic E-state index is 3.98. The van der Waals surface area contributed by atoms with Crippen molar-refractivity contribution in [3.63, 3.8) is 0 Å². The molecule has 0 spiro atoms. The molecule has 0 bridgehead atoms. The second-order valence-corrected chi connectivity index (χ2v) is 6.61. The van der Waals surface area contributed by atoms with Gasteiger partial charge in [0.25, 0.3) is 0 Å². The van der Waals surface area contributed by atoms with Crippen LogP contribution in [0.3, 0.4) is 0 Å². The summed E-state index contributed by atoms with van der Waals surface area (Å²) in [6, 6.07) is 0. The molecule has 1 atom stereocenters. The molecule has 1 unspecified atom stereocenters. The van der Waals surface area contributed by atoms with Crippen LogP contribution in [-0.2, 0) is 0 Å². The van der Waals surface area contributed by atoms with Gasteiger partial charge in [-0.25, -0.2) is 0 Å². The van der Waals surface area contributed by atoms with Crippen LogP contribution in [0.2, 0.25) is 0 Å². The number of rotatable bonds is 2. The number of hydrogen-bond acceptors (Lipinski definition) is 0. The quantitative estimate of drug-likeness (QED) is 0.545. The van der Waals surface area contributed by atoms with E-state index < -0.39 is 0 Å². The molecule has 0 aromatic carbocycles. The van der Waals surface area contributed by atoms with E-state index in [-0.39, 0.29) is 5.41 Å². The zero-order valence-corrected chi connectivity index (χ0v) is 10.5. The third-order valence-corrected chi connectivity index (χ3v) is 3.06. The van der Waals surface area contributed by atoms with Gasteiger partial charge in [0.15, 0.2) is 0 Å². The molecule has 0 aromatic rings. The molecule has 0 aromatic heterocycles. The van der Waals surface area contributed by atoms with Crippen molar-refractivity contribution >= 4 is 0 Å². The van der Waals surface area contributed by atoms with Gasteiger partial charge in [0.2, 0.25) is 0 Å². The van der Waals surface area contributed by atoms with Gasteiger partial charge >= 0.3 is 0 Å². The Kier molecular flexibility index (Phi) is 3.41. The van der Waals surface area contributed by atoms with Crippen molar-refractivity contribution in [3.8, 4) is 0 Å². The first-order chi connectivity index (χ1) is 5.52. The fraction of sp³-hybridized carbons (Fsp3) is 0.846. The summed E-state index contributed by atoms with van der Waals surface area (Å²) in [6.07, 6.45) is 3.31. The smallest absolute Gasteiger partial charge is 0.00957 e. The van der Waals surface area contributed by atoms with Crippen molar-refractivity contribution in [1.29, 1.82) is 0 Å². The standard InChI is InChI=1S/C13H26/c1-9-13(8,12(5,6)7)10-11(2,3)4/h9H,1,10H2,2-8H3. The molecular formula is C13H26. The average molecular weight is 182 g/mol. The summed E-state index contributed by atoms with van der Waals surface area (Å²) in [5, 5.41) is 0. The van der Waals surface area contributed by atoms with E-state index in [2.05, 4.69) is 61.1 Å². The van der Waals surface area contributed by atoms with Crippen molar-refractivity contribution in [3.05, 3.63) is 12.7 Å². The van der Waals surface area contributed by atoms with Crippen molar-refractivity contribution in [2.75, 3.05) is 0 Å². The van der Waals surface area contributed by atoms with Gasteiger partial charge in [-0.3, -0.25) is 0 Å². The van der Waals surface area contributed by atoms with Gasteiger partial charge in [0.1, 0.15) is 0 Å². The monoisotopic (exact) mass is 182 g/mol. The van der Waals surface area contributed by atoms with E-state index in [4.69, 9.17) is 0 Å². The molecule has 13 heavy (non-hydrogen) atoms. The fourth-order valence-electron chi connectivity index (χ4n) is 1.75. The number of hydrogen-bond donors (Lipinski definition) is 0. The Hall–Kier alpha value is -0.260. The van der Waals surface area contributed by atoms with Crippen molar-refractivity contribution in [2.24, 2.45) is 16.2 Å². The van der Waals surface area contributed by atoms with E-state index in [1.54, 1.807) is 0 Å².